The minimum absolute atomic E-state index is 0.263. The maximum absolute atomic E-state index is 12.6. The quantitative estimate of drug-likeness (QED) is 0.506. The molecule has 0 heterocycles. The van der Waals surface area contributed by atoms with Crippen LogP contribution in [0.1, 0.15) is 32.1 Å². The van der Waals surface area contributed by atoms with Crippen molar-refractivity contribution in [1.82, 2.24) is 0 Å². The van der Waals surface area contributed by atoms with Gasteiger partial charge < -0.3 is 10.2 Å². The number of fused-ring (bicyclic) bond motifs is 4. The van der Waals surface area contributed by atoms with Crippen molar-refractivity contribution in [3.8, 4) is 0 Å². The van der Waals surface area contributed by atoms with Gasteiger partial charge in [0.15, 0.2) is 6.36 Å². The number of halogens is 7. The summed E-state index contributed by atoms with van der Waals surface area (Å²) in [5, 5.41) is 17.8. The maximum atomic E-state index is 12.6. The lowest BCUT2D eigenvalue weighted by atomic mass is 9.77. The van der Waals surface area contributed by atoms with Gasteiger partial charge in [0.1, 0.15) is 0 Å². The molecule has 28 heavy (non-hydrogen) atoms. The van der Waals surface area contributed by atoms with E-state index in [-0.39, 0.29) is 18.8 Å². The normalized spacial score (nSPS) is 37.3. The van der Waals surface area contributed by atoms with Gasteiger partial charge in [0.05, 0.1) is 0 Å². The third kappa shape index (κ3) is 3.84. The summed E-state index contributed by atoms with van der Waals surface area (Å²) in [6.45, 7) is 0. The third-order valence-electron chi connectivity index (χ3n) is 6.59. The molecule has 2 nitrogen and oxygen atoms in total. The molecular weight excluding hydrogens is 393 g/mol. The summed E-state index contributed by atoms with van der Waals surface area (Å²) < 4.78 is 87.7. The van der Waals surface area contributed by atoms with E-state index >= 15 is 0 Å². The lowest BCUT2D eigenvalue weighted by Gasteiger charge is -2.39. The minimum atomic E-state index is -5.70. The van der Waals surface area contributed by atoms with E-state index in [0.29, 0.717) is 24.2 Å². The van der Waals surface area contributed by atoms with Crippen LogP contribution in [0.5, 0.6) is 0 Å². The van der Waals surface area contributed by atoms with Gasteiger partial charge in [0, 0.05) is 12.3 Å². The lowest BCUT2D eigenvalue weighted by molar-refractivity contribution is -0.387. The van der Waals surface area contributed by atoms with Crippen LogP contribution >= 0.6 is 0 Å². The van der Waals surface area contributed by atoms with Crippen molar-refractivity contribution >= 4 is 0 Å². The Labute approximate surface area is 158 Å². The van der Waals surface area contributed by atoms with Gasteiger partial charge in [-0.15, -0.1) is 0 Å². The zero-order chi connectivity index (χ0) is 20.9. The standard InChI is InChI=1S/C10H10F6O.C9H13FO/c11-9(12,13)8(17,10(14,15)16)7-4-5-1-2-6(7)3-5;10-9(11)5-8-4-6-1-2-7(8)3-6/h1-2,5-7,17H,3-4H2;1-2,6-9,11H,3-5H2. The maximum Gasteiger partial charge on any atom is 0.426 e. The van der Waals surface area contributed by atoms with Crippen molar-refractivity contribution in [2.45, 2.75) is 56.4 Å². The molecule has 4 bridgehead atoms. The number of alkyl halides is 7. The van der Waals surface area contributed by atoms with E-state index in [9.17, 15) is 35.8 Å². The summed E-state index contributed by atoms with van der Waals surface area (Å²) >= 11 is 0. The summed E-state index contributed by atoms with van der Waals surface area (Å²) in [7, 11) is 0. The Morgan fingerprint density at radius 1 is 0.786 bits per heavy atom. The first-order chi connectivity index (χ1) is 12.8. The van der Waals surface area contributed by atoms with Crippen LogP contribution in [0, 0.1) is 35.5 Å². The summed E-state index contributed by atoms with van der Waals surface area (Å²) in [5.41, 5.74) is -4.59. The molecule has 7 unspecified atom stereocenters. The lowest BCUT2D eigenvalue weighted by Crippen LogP contribution is -2.62. The molecule has 0 aromatic heterocycles. The minimum Gasteiger partial charge on any atom is -0.373 e. The number of aliphatic hydroxyl groups excluding tert-OH is 1. The highest BCUT2D eigenvalue weighted by atomic mass is 19.4. The first-order valence-corrected chi connectivity index (χ1v) is 9.37. The Balaban J connectivity index is 0.000000176. The van der Waals surface area contributed by atoms with Gasteiger partial charge in [-0.25, -0.2) is 4.39 Å². The fourth-order valence-corrected chi connectivity index (χ4v) is 5.26. The Hall–Kier alpha value is -1.09. The highest BCUT2D eigenvalue weighted by Crippen LogP contribution is 2.57. The van der Waals surface area contributed by atoms with Crippen LogP contribution in [-0.4, -0.2) is 34.5 Å². The largest absolute Gasteiger partial charge is 0.426 e. The molecule has 2 fully saturated rings. The van der Waals surface area contributed by atoms with E-state index in [1.54, 1.807) is 6.08 Å². The van der Waals surface area contributed by atoms with Gasteiger partial charge in [-0.05, 0) is 55.3 Å². The molecule has 4 aliphatic rings. The Bertz CT molecular complexity index is 609. The third-order valence-corrected chi connectivity index (χ3v) is 6.59. The van der Waals surface area contributed by atoms with Crippen LogP contribution in [-0.2, 0) is 0 Å². The van der Waals surface area contributed by atoms with Gasteiger partial charge >= 0.3 is 12.4 Å². The van der Waals surface area contributed by atoms with Crippen molar-refractivity contribution in [2.75, 3.05) is 0 Å². The van der Waals surface area contributed by atoms with Crippen LogP contribution < -0.4 is 0 Å². The number of hydrogen-bond donors (Lipinski definition) is 2. The molecule has 7 atom stereocenters. The van der Waals surface area contributed by atoms with Gasteiger partial charge in [-0.1, -0.05) is 24.3 Å². The molecule has 0 radical (unpaired) electrons. The van der Waals surface area contributed by atoms with Gasteiger partial charge in [-0.3, -0.25) is 0 Å². The second-order valence-electron chi connectivity index (χ2n) is 8.36. The molecule has 160 valence electrons. The van der Waals surface area contributed by atoms with Crippen molar-refractivity contribution in [2.24, 2.45) is 35.5 Å². The fraction of sp³-hybridized carbons (Fsp3) is 0.789. The first-order valence-electron chi connectivity index (χ1n) is 9.37. The smallest absolute Gasteiger partial charge is 0.373 e. The topological polar surface area (TPSA) is 40.5 Å². The number of rotatable bonds is 3. The number of hydrogen-bond acceptors (Lipinski definition) is 2. The molecule has 0 amide bonds. The second-order valence-corrected chi connectivity index (χ2v) is 8.36. The van der Waals surface area contributed by atoms with E-state index in [1.807, 2.05) is 0 Å². The Morgan fingerprint density at radius 3 is 1.61 bits per heavy atom. The first kappa shape index (κ1) is 21.6. The molecule has 2 saturated carbocycles. The Kier molecular flexibility index (Phi) is 5.64. The zero-order valence-electron chi connectivity index (χ0n) is 14.9. The molecule has 2 N–H and O–H groups in total. The van der Waals surface area contributed by atoms with Crippen LogP contribution in [0.4, 0.5) is 30.7 Å². The van der Waals surface area contributed by atoms with Crippen LogP contribution in [0.2, 0.25) is 0 Å². The van der Waals surface area contributed by atoms with Gasteiger partial charge in [0.25, 0.3) is 5.60 Å². The van der Waals surface area contributed by atoms with E-state index in [4.69, 9.17) is 5.11 Å². The highest BCUT2D eigenvalue weighted by molar-refractivity contribution is 5.17. The molecule has 0 spiro atoms. The average molecular weight is 416 g/mol. The van der Waals surface area contributed by atoms with Gasteiger partial charge in [0.2, 0.25) is 0 Å². The van der Waals surface area contributed by atoms with Crippen molar-refractivity contribution in [1.29, 1.82) is 0 Å². The average Bonchev–Trinajstić information content (AvgIpc) is 3.32. The van der Waals surface area contributed by atoms with Crippen LogP contribution in [0.3, 0.4) is 0 Å². The molecule has 0 saturated heterocycles. The van der Waals surface area contributed by atoms with Crippen LogP contribution in [0.25, 0.3) is 0 Å². The zero-order valence-corrected chi connectivity index (χ0v) is 14.9. The summed E-state index contributed by atoms with van der Waals surface area (Å²) in [6, 6.07) is 0. The predicted octanol–water partition coefficient (Wildman–Crippen LogP) is 4.93. The summed E-state index contributed by atoms with van der Waals surface area (Å²) in [4.78, 5) is 0. The van der Waals surface area contributed by atoms with Gasteiger partial charge in [-0.2, -0.15) is 26.3 Å². The molecule has 4 aliphatic carbocycles. The van der Waals surface area contributed by atoms with Crippen LogP contribution in [0.15, 0.2) is 24.3 Å². The number of allylic oxidation sites excluding steroid dienone is 4. The molecular formula is C19H23F7O2. The fourth-order valence-electron chi connectivity index (χ4n) is 5.26. The van der Waals surface area contributed by atoms with Crippen molar-refractivity contribution in [3.05, 3.63) is 24.3 Å². The molecule has 4 rings (SSSR count). The molecule has 0 aromatic carbocycles. The van der Waals surface area contributed by atoms with E-state index in [1.165, 1.54) is 12.5 Å². The number of aliphatic hydroxyl groups is 2. The Morgan fingerprint density at radius 2 is 1.29 bits per heavy atom. The second kappa shape index (κ2) is 7.31. The molecule has 0 aromatic rings. The van der Waals surface area contributed by atoms with E-state index < -0.39 is 36.1 Å². The predicted molar refractivity (Wildman–Crippen MR) is 86.5 cm³/mol. The highest BCUT2D eigenvalue weighted by Gasteiger charge is 2.75. The molecule has 9 heteroatoms. The van der Waals surface area contributed by atoms with Crippen molar-refractivity contribution < 1.29 is 40.9 Å². The van der Waals surface area contributed by atoms with E-state index in [2.05, 4.69) is 12.2 Å². The van der Waals surface area contributed by atoms with Crippen molar-refractivity contribution in [3.63, 3.8) is 0 Å². The molecule has 0 aliphatic heterocycles. The SMILES string of the molecule is OC(C1CC2C=CC1C2)(C(F)(F)F)C(F)(F)F.OC(F)CC1CC2C=CC1C2. The van der Waals surface area contributed by atoms with E-state index in [0.717, 1.165) is 6.42 Å². The summed E-state index contributed by atoms with van der Waals surface area (Å²) in [5.74, 6) is -1.29. The summed E-state index contributed by atoms with van der Waals surface area (Å²) in [6.07, 6.45) is -3.01. The monoisotopic (exact) mass is 416 g/mol.